The number of pyridine rings is 1. The first-order valence-corrected chi connectivity index (χ1v) is 8.83. The number of methoxy groups -OCH3 is 2. The molecule has 3 rings (SSSR count). The second-order valence-electron chi connectivity index (χ2n) is 5.97. The molecule has 3 aromatic rings. The Morgan fingerprint density at radius 3 is 2.36 bits per heavy atom. The number of halogens is 2. The summed E-state index contributed by atoms with van der Waals surface area (Å²) in [4.78, 5) is 25.6. The lowest BCUT2D eigenvalue weighted by Crippen LogP contribution is -2.23. The first-order valence-electron chi connectivity index (χ1n) is 8.45. The maximum absolute atomic E-state index is 13.4. The van der Waals surface area contributed by atoms with Crippen LogP contribution >= 0.6 is 11.6 Å². The third-order valence-electron chi connectivity index (χ3n) is 4.35. The van der Waals surface area contributed by atoms with E-state index in [-0.39, 0.29) is 16.1 Å². The fraction of sp³-hybridized carbons (Fsp3) is 0.200. The SMILES string of the molecule is CCn1cc(C(=O)Nc2ccc(F)c(Cl)c2)c2cc(OC)c(OC)cc2c1=O. The minimum atomic E-state index is -0.582. The quantitative estimate of drug-likeness (QED) is 0.695. The molecule has 0 saturated carbocycles. The molecule has 146 valence electrons. The first kappa shape index (κ1) is 19.7. The third kappa shape index (κ3) is 3.53. The fourth-order valence-corrected chi connectivity index (χ4v) is 3.09. The lowest BCUT2D eigenvalue weighted by Gasteiger charge is -2.14. The average Bonchev–Trinajstić information content (AvgIpc) is 2.70. The summed E-state index contributed by atoms with van der Waals surface area (Å²) < 4.78 is 25.4. The van der Waals surface area contributed by atoms with E-state index in [0.717, 1.165) is 6.07 Å². The zero-order chi connectivity index (χ0) is 20.4. The zero-order valence-electron chi connectivity index (χ0n) is 15.5. The number of anilines is 1. The second kappa shape index (κ2) is 7.90. The van der Waals surface area contributed by atoms with Crippen molar-refractivity contribution in [1.29, 1.82) is 0 Å². The highest BCUT2D eigenvalue weighted by Gasteiger charge is 2.18. The summed E-state index contributed by atoms with van der Waals surface area (Å²) in [6.07, 6.45) is 1.48. The summed E-state index contributed by atoms with van der Waals surface area (Å²) in [5.41, 5.74) is 0.344. The standard InChI is InChI=1S/C20H18ClFN2O4/c1-4-24-10-14(19(25)23-11-5-6-16(22)15(21)7-11)12-8-17(27-2)18(28-3)9-13(12)20(24)26/h5-10H,4H2,1-3H3,(H,23,25). The van der Waals surface area contributed by atoms with Crippen molar-refractivity contribution in [3.05, 3.63) is 63.3 Å². The molecule has 1 heterocycles. The van der Waals surface area contributed by atoms with Gasteiger partial charge in [0, 0.05) is 23.8 Å². The van der Waals surface area contributed by atoms with E-state index in [2.05, 4.69) is 5.32 Å². The minimum Gasteiger partial charge on any atom is -0.493 e. The first-order chi connectivity index (χ1) is 13.4. The van der Waals surface area contributed by atoms with Crippen molar-refractivity contribution in [1.82, 2.24) is 4.57 Å². The van der Waals surface area contributed by atoms with Gasteiger partial charge in [-0.15, -0.1) is 0 Å². The lowest BCUT2D eigenvalue weighted by atomic mass is 10.1. The molecule has 0 saturated heterocycles. The summed E-state index contributed by atoms with van der Waals surface area (Å²) >= 11 is 5.78. The molecule has 6 nitrogen and oxygen atoms in total. The molecule has 0 aliphatic carbocycles. The van der Waals surface area contributed by atoms with Gasteiger partial charge in [-0.3, -0.25) is 9.59 Å². The number of fused-ring (bicyclic) bond motifs is 1. The Morgan fingerprint density at radius 2 is 1.79 bits per heavy atom. The van der Waals surface area contributed by atoms with Crippen LogP contribution in [-0.2, 0) is 6.54 Å². The molecule has 1 aromatic heterocycles. The zero-order valence-corrected chi connectivity index (χ0v) is 16.3. The molecule has 0 aliphatic rings. The average molecular weight is 405 g/mol. The number of carbonyl (C=O) groups excluding carboxylic acids is 1. The van der Waals surface area contributed by atoms with Gasteiger partial charge in [-0.05, 0) is 37.3 Å². The summed E-state index contributed by atoms with van der Waals surface area (Å²) in [6, 6.07) is 7.02. The molecule has 0 radical (unpaired) electrons. The number of amides is 1. The van der Waals surface area contributed by atoms with Gasteiger partial charge in [0.2, 0.25) is 0 Å². The van der Waals surface area contributed by atoms with Crippen LogP contribution in [0.5, 0.6) is 11.5 Å². The van der Waals surface area contributed by atoms with Crippen molar-refractivity contribution in [3.63, 3.8) is 0 Å². The van der Waals surface area contributed by atoms with Crippen LogP contribution in [0.2, 0.25) is 5.02 Å². The second-order valence-corrected chi connectivity index (χ2v) is 6.38. The number of hydrogen-bond donors (Lipinski definition) is 1. The number of nitrogens with zero attached hydrogens (tertiary/aromatic N) is 1. The monoisotopic (exact) mass is 404 g/mol. The minimum absolute atomic E-state index is 0.104. The molecule has 0 unspecified atom stereocenters. The Labute approximate surface area is 165 Å². The number of aryl methyl sites for hydroxylation is 1. The molecular formula is C20H18ClFN2O4. The molecule has 0 aliphatic heterocycles. The number of rotatable bonds is 5. The summed E-state index contributed by atoms with van der Waals surface area (Å²) in [5.74, 6) is -0.274. The Bertz CT molecular complexity index is 1130. The number of ether oxygens (including phenoxy) is 2. The van der Waals surface area contributed by atoms with E-state index in [1.54, 1.807) is 19.1 Å². The van der Waals surface area contributed by atoms with Crippen molar-refractivity contribution in [2.75, 3.05) is 19.5 Å². The van der Waals surface area contributed by atoms with Crippen molar-refractivity contribution in [3.8, 4) is 11.5 Å². The third-order valence-corrected chi connectivity index (χ3v) is 4.64. The molecule has 28 heavy (non-hydrogen) atoms. The number of benzene rings is 2. The van der Waals surface area contributed by atoms with Gasteiger partial charge in [-0.2, -0.15) is 0 Å². The Hall–Kier alpha value is -3.06. The molecule has 0 bridgehead atoms. The molecule has 1 amide bonds. The van der Waals surface area contributed by atoms with Crippen molar-refractivity contribution < 1.29 is 18.7 Å². The van der Waals surface area contributed by atoms with Crippen LogP contribution in [0.15, 0.2) is 41.3 Å². The normalized spacial score (nSPS) is 10.8. The van der Waals surface area contributed by atoms with Gasteiger partial charge in [0.05, 0.1) is 30.2 Å². The highest BCUT2D eigenvalue weighted by Crippen LogP contribution is 2.32. The van der Waals surface area contributed by atoms with Gasteiger partial charge in [0.1, 0.15) is 5.82 Å². The van der Waals surface area contributed by atoms with Gasteiger partial charge in [0.15, 0.2) is 11.5 Å². The highest BCUT2D eigenvalue weighted by molar-refractivity contribution is 6.31. The number of aromatic nitrogens is 1. The molecule has 0 atom stereocenters. The van der Waals surface area contributed by atoms with Crippen molar-refractivity contribution >= 4 is 34.0 Å². The van der Waals surface area contributed by atoms with E-state index in [0.29, 0.717) is 34.5 Å². The Kier molecular flexibility index (Phi) is 5.56. The molecule has 1 N–H and O–H groups in total. The lowest BCUT2D eigenvalue weighted by molar-refractivity contribution is 0.102. The fourth-order valence-electron chi connectivity index (χ4n) is 2.91. The van der Waals surface area contributed by atoms with Gasteiger partial charge < -0.3 is 19.4 Å². The molecular weight excluding hydrogens is 387 g/mol. The van der Waals surface area contributed by atoms with Gasteiger partial charge in [-0.1, -0.05) is 11.6 Å². The molecule has 8 heteroatoms. The van der Waals surface area contributed by atoms with Crippen LogP contribution in [0, 0.1) is 5.82 Å². The van der Waals surface area contributed by atoms with E-state index in [1.165, 1.54) is 37.1 Å². The predicted octanol–water partition coefficient (Wildman–Crippen LogP) is 4.08. The Balaban J connectivity index is 2.17. The van der Waals surface area contributed by atoms with Gasteiger partial charge in [0.25, 0.3) is 11.5 Å². The number of carbonyl (C=O) groups is 1. The molecule has 0 fully saturated rings. The van der Waals surface area contributed by atoms with E-state index >= 15 is 0 Å². The van der Waals surface area contributed by atoms with Crippen LogP contribution in [0.3, 0.4) is 0 Å². The summed E-state index contributed by atoms with van der Waals surface area (Å²) in [7, 11) is 2.94. The van der Waals surface area contributed by atoms with Crippen LogP contribution in [0.4, 0.5) is 10.1 Å². The molecule has 0 spiro atoms. The summed E-state index contributed by atoms with van der Waals surface area (Å²) in [5, 5.41) is 3.31. The highest BCUT2D eigenvalue weighted by atomic mass is 35.5. The van der Waals surface area contributed by atoms with Crippen LogP contribution < -0.4 is 20.3 Å². The van der Waals surface area contributed by atoms with E-state index in [4.69, 9.17) is 21.1 Å². The van der Waals surface area contributed by atoms with E-state index in [1.807, 2.05) is 0 Å². The topological polar surface area (TPSA) is 69.6 Å². The maximum Gasteiger partial charge on any atom is 0.258 e. The Morgan fingerprint density at radius 1 is 1.14 bits per heavy atom. The molecule has 2 aromatic carbocycles. The van der Waals surface area contributed by atoms with E-state index < -0.39 is 11.7 Å². The van der Waals surface area contributed by atoms with Gasteiger partial charge in [-0.25, -0.2) is 4.39 Å². The van der Waals surface area contributed by atoms with Crippen LogP contribution in [0.25, 0.3) is 10.8 Å². The van der Waals surface area contributed by atoms with E-state index in [9.17, 15) is 14.0 Å². The number of hydrogen-bond acceptors (Lipinski definition) is 4. The maximum atomic E-state index is 13.4. The smallest absolute Gasteiger partial charge is 0.258 e. The van der Waals surface area contributed by atoms with Crippen molar-refractivity contribution in [2.24, 2.45) is 0 Å². The van der Waals surface area contributed by atoms with Crippen LogP contribution in [-0.4, -0.2) is 24.7 Å². The van der Waals surface area contributed by atoms with Gasteiger partial charge >= 0.3 is 0 Å². The largest absolute Gasteiger partial charge is 0.493 e. The summed E-state index contributed by atoms with van der Waals surface area (Å²) in [6.45, 7) is 2.18. The van der Waals surface area contributed by atoms with Crippen LogP contribution in [0.1, 0.15) is 17.3 Å². The predicted molar refractivity (Wildman–Crippen MR) is 106 cm³/mol. The van der Waals surface area contributed by atoms with Crippen molar-refractivity contribution in [2.45, 2.75) is 13.5 Å². The number of nitrogens with one attached hydrogen (secondary N) is 1.